The molecule has 0 heterocycles. The maximum absolute atomic E-state index is 3.00. The molecular weight excluding hydrogens is 434 g/mol. The van der Waals surface area contributed by atoms with E-state index in [0.29, 0.717) is 0 Å². The Morgan fingerprint density at radius 3 is 1.22 bits per heavy atom. The molecule has 1 nitrogen and oxygen atoms in total. The van der Waals surface area contributed by atoms with Gasteiger partial charge in [-0.2, -0.15) is 0 Å². The van der Waals surface area contributed by atoms with Crippen LogP contribution >= 0.6 is 0 Å². The number of fused-ring (bicyclic) bond motifs is 6. The fourth-order valence-corrected chi connectivity index (χ4v) is 5.95. The van der Waals surface area contributed by atoms with Gasteiger partial charge in [0.1, 0.15) is 0 Å². The van der Waals surface area contributed by atoms with Crippen molar-refractivity contribution >= 4 is 11.4 Å². The molecule has 0 fully saturated rings. The molecule has 0 bridgehead atoms. The minimum Gasteiger partial charge on any atom is -0.345 e. The van der Waals surface area contributed by atoms with Crippen molar-refractivity contribution in [1.29, 1.82) is 0 Å². The van der Waals surface area contributed by atoms with Gasteiger partial charge in [0.05, 0.1) is 0 Å². The van der Waals surface area contributed by atoms with E-state index in [1.54, 1.807) is 0 Å². The lowest BCUT2D eigenvalue weighted by molar-refractivity contribution is 0.660. The van der Waals surface area contributed by atoms with Gasteiger partial charge in [0.15, 0.2) is 0 Å². The largest absolute Gasteiger partial charge is 0.345 e. The number of anilines is 2. The zero-order chi connectivity index (χ0) is 26.3. The lowest BCUT2D eigenvalue weighted by Gasteiger charge is -2.27. The van der Waals surface area contributed by atoms with Gasteiger partial charge in [0, 0.05) is 29.3 Å². The molecule has 0 aliphatic heterocycles. The number of benzene rings is 4. The van der Waals surface area contributed by atoms with E-state index in [1.807, 2.05) is 13.8 Å². The van der Waals surface area contributed by atoms with E-state index in [4.69, 9.17) is 0 Å². The third-order valence-electron chi connectivity index (χ3n) is 7.91. The zero-order valence-corrected chi connectivity index (χ0v) is 22.9. The van der Waals surface area contributed by atoms with Crippen LogP contribution in [0, 0.1) is 0 Å². The molecule has 2 aliphatic rings. The quantitative estimate of drug-likeness (QED) is 0.262. The summed E-state index contributed by atoms with van der Waals surface area (Å²) in [6, 6.07) is 31.6. The molecule has 0 radical (unpaired) electrons. The predicted molar refractivity (Wildman–Crippen MR) is 159 cm³/mol. The second-order valence-electron chi connectivity index (χ2n) is 10.4. The average Bonchev–Trinajstić information content (AvgIpc) is 3.30. The summed E-state index contributed by atoms with van der Waals surface area (Å²) in [6.07, 6.45) is 0. The van der Waals surface area contributed by atoms with Gasteiger partial charge in [0.2, 0.25) is 0 Å². The predicted octanol–water partition coefficient (Wildman–Crippen LogP) is 9.90. The molecule has 0 spiro atoms. The first-order valence-electron chi connectivity index (χ1n) is 13.0. The van der Waals surface area contributed by atoms with E-state index < -0.39 is 0 Å². The van der Waals surface area contributed by atoms with E-state index in [9.17, 15) is 0 Å². The van der Waals surface area contributed by atoms with Gasteiger partial charge in [-0.05, 0) is 68.8 Å². The Morgan fingerprint density at radius 2 is 0.833 bits per heavy atom. The molecule has 0 saturated carbocycles. The van der Waals surface area contributed by atoms with Crippen molar-refractivity contribution in [2.24, 2.45) is 0 Å². The fourth-order valence-electron chi connectivity index (χ4n) is 5.95. The Hall–Kier alpha value is -3.58. The van der Waals surface area contributed by atoms with Crippen LogP contribution in [0.2, 0.25) is 0 Å². The summed E-state index contributed by atoms with van der Waals surface area (Å²) in [7, 11) is 2.19. The van der Waals surface area contributed by atoms with Gasteiger partial charge in [0.25, 0.3) is 0 Å². The smallest absolute Gasteiger partial charge is 0.0411 e. The SMILES string of the molecule is C=C.CC.CN(c1ccc2c(c1)C(C)(C)c1ccccc1-2)c1ccc2c(c1)C(C)(C)c1ccccc1-2. The fraction of sp³-hybridized carbons (Fsp3) is 0.257. The van der Waals surface area contributed by atoms with Crippen LogP contribution in [0.25, 0.3) is 22.3 Å². The van der Waals surface area contributed by atoms with Crippen LogP contribution in [0.5, 0.6) is 0 Å². The first-order chi connectivity index (χ1) is 17.3. The normalized spacial score (nSPS) is 14.6. The Bertz CT molecular complexity index is 1300. The van der Waals surface area contributed by atoms with Crippen LogP contribution in [-0.2, 0) is 10.8 Å². The number of hydrogen-bond acceptors (Lipinski definition) is 1. The molecule has 4 aromatic rings. The summed E-state index contributed by atoms with van der Waals surface area (Å²) in [5.74, 6) is 0. The molecule has 184 valence electrons. The molecule has 1 heteroatoms. The number of nitrogens with zero attached hydrogens (tertiary/aromatic N) is 1. The van der Waals surface area contributed by atoms with Crippen LogP contribution in [0.15, 0.2) is 98.1 Å². The summed E-state index contributed by atoms with van der Waals surface area (Å²) < 4.78 is 0. The van der Waals surface area contributed by atoms with Crippen molar-refractivity contribution in [3.05, 3.63) is 120 Å². The molecule has 36 heavy (non-hydrogen) atoms. The third-order valence-corrected chi connectivity index (χ3v) is 7.91. The maximum Gasteiger partial charge on any atom is 0.0411 e. The van der Waals surface area contributed by atoms with Crippen LogP contribution in [0.4, 0.5) is 11.4 Å². The van der Waals surface area contributed by atoms with E-state index >= 15 is 0 Å². The standard InChI is InChI=1S/C31H29N.C2H6.C2H4/c1-30(2)26-12-8-6-10-22(26)24-16-14-20(18-28(24)30)32(5)21-15-17-25-23-11-7-9-13-27(23)31(3,4)29(25)19-21;2*1-2/h6-19H,1-5H3;1-2H3;1-2H2. The van der Waals surface area contributed by atoms with Crippen molar-refractivity contribution in [2.45, 2.75) is 52.4 Å². The van der Waals surface area contributed by atoms with Crippen molar-refractivity contribution in [1.82, 2.24) is 0 Å². The molecule has 2 aliphatic carbocycles. The number of hydrogen-bond donors (Lipinski definition) is 0. The second-order valence-corrected chi connectivity index (χ2v) is 10.4. The summed E-state index contributed by atoms with van der Waals surface area (Å²) in [4.78, 5) is 2.33. The molecule has 0 amide bonds. The van der Waals surface area contributed by atoms with Crippen LogP contribution in [-0.4, -0.2) is 7.05 Å². The minimum absolute atomic E-state index is 0.0182. The molecule has 0 N–H and O–H groups in total. The number of rotatable bonds is 2. The molecule has 0 saturated heterocycles. The Kier molecular flexibility index (Phi) is 6.71. The summed E-state index contributed by atoms with van der Waals surface area (Å²) in [5.41, 5.74) is 13.7. The molecule has 0 atom stereocenters. The highest BCUT2D eigenvalue weighted by atomic mass is 15.1. The topological polar surface area (TPSA) is 3.24 Å². The van der Waals surface area contributed by atoms with Gasteiger partial charge >= 0.3 is 0 Å². The highest BCUT2D eigenvalue weighted by Gasteiger charge is 2.37. The van der Waals surface area contributed by atoms with E-state index in [-0.39, 0.29) is 10.8 Å². The van der Waals surface area contributed by atoms with Gasteiger partial charge in [-0.25, -0.2) is 0 Å². The van der Waals surface area contributed by atoms with E-state index in [1.165, 1.54) is 55.9 Å². The Labute approximate surface area is 218 Å². The van der Waals surface area contributed by atoms with Gasteiger partial charge in [-0.1, -0.05) is 102 Å². The first kappa shape index (κ1) is 25.5. The maximum atomic E-state index is 3.00. The van der Waals surface area contributed by atoms with Gasteiger partial charge < -0.3 is 4.90 Å². The van der Waals surface area contributed by atoms with E-state index in [0.717, 1.165) is 0 Å². The van der Waals surface area contributed by atoms with Crippen molar-refractivity contribution in [2.75, 3.05) is 11.9 Å². The minimum atomic E-state index is 0.0182. The van der Waals surface area contributed by atoms with Crippen molar-refractivity contribution in [3.8, 4) is 22.3 Å². The van der Waals surface area contributed by atoms with Crippen molar-refractivity contribution < 1.29 is 0 Å². The molecule has 0 aromatic heterocycles. The van der Waals surface area contributed by atoms with Gasteiger partial charge in [-0.15, -0.1) is 13.2 Å². The first-order valence-corrected chi connectivity index (χ1v) is 13.0. The molecule has 4 aromatic carbocycles. The zero-order valence-electron chi connectivity index (χ0n) is 22.9. The highest BCUT2D eigenvalue weighted by molar-refractivity contribution is 5.85. The van der Waals surface area contributed by atoms with Crippen molar-refractivity contribution in [3.63, 3.8) is 0 Å². The highest BCUT2D eigenvalue weighted by Crippen LogP contribution is 2.51. The van der Waals surface area contributed by atoms with Crippen LogP contribution < -0.4 is 4.90 Å². The Balaban J connectivity index is 0.000000726. The second kappa shape index (κ2) is 9.47. The van der Waals surface area contributed by atoms with Crippen LogP contribution in [0.1, 0.15) is 63.8 Å². The summed E-state index contributed by atoms with van der Waals surface area (Å²) >= 11 is 0. The third kappa shape index (κ3) is 3.69. The summed E-state index contributed by atoms with van der Waals surface area (Å²) in [5, 5.41) is 0. The lowest BCUT2D eigenvalue weighted by Crippen LogP contribution is -2.17. The summed E-state index contributed by atoms with van der Waals surface area (Å²) in [6.45, 7) is 19.4. The monoisotopic (exact) mass is 473 g/mol. The average molecular weight is 474 g/mol. The van der Waals surface area contributed by atoms with Crippen LogP contribution in [0.3, 0.4) is 0 Å². The van der Waals surface area contributed by atoms with Gasteiger partial charge in [-0.3, -0.25) is 0 Å². The molecular formula is C35H39N. The molecule has 0 unspecified atom stereocenters. The Morgan fingerprint density at radius 1 is 0.500 bits per heavy atom. The lowest BCUT2D eigenvalue weighted by atomic mass is 9.82. The molecule has 6 rings (SSSR count). The van der Waals surface area contributed by atoms with E-state index in [2.05, 4.69) is 138 Å².